The number of carboxylic acids is 1. The van der Waals surface area contributed by atoms with Gasteiger partial charge in [0.25, 0.3) is 0 Å². The van der Waals surface area contributed by atoms with Crippen LogP contribution < -0.4 is 10.1 Å². The molecule has 1 fully saturated rings. The van der Waals surface area contributed by atoms with Crippen LogP contribution in [-0.2, 0) is 11.3 Å². The highest BCUT2D eigenvalue weighted by Crippen LogP contribution is 2.25. The van der Waals surface area contributed by atoms with E-state index in [2.05, 4.69) is 5.32 Å². The summed E-state index contributed by atoms with van der Waals surface area (Å²) in [5, 5.41) is 12.2. The van der Waals surface area contributed by atoms with E-state index in [9.17, 15) is 9.18 Å². The number of benzene rings is 1. The molecule has 0 spiro atoms. The molecule has 2 rings (SSSR count). The van der Waals surface area contributed by atoms with Gasteiger partial charge in [0.05, 0.1) is 13.0 Å². The van der Waals surface area contributed by atoms with Crippen molar-refractivity contribution in [1.29, 1.82) is 0 Å². The fourth-order valence-electron chi connectivity index (χ4n) is 2.60. The third-order valence-electron chi connectivity index (χ3n) is 3.92. The number of halogens is 1. The topological polar surface area (TPSA) is 58.6 Å². The lowest BCUT2D eigenvalue weighted by atomic mass is 9.86. The molecule has 1 aliphatic carbocycles. The number of hydrogen-bond acceptors (Lipinski definition) is 3. The van der Waals surface area contributed by atoms with Crippen LogP contribution >= 0.6 is 0 Å². The van der Waals surface area contributed by atoms with E-state index in [1.807, 2.05) is 0 Å². The number of ether oxygens (including phenoxy) is 1. The Morgan fingerprint density at radius 3 is 2.65 bits per heavy atom. The molecule has 0 unspecified atom stereocenters. The molecule has 20 heavy (non-hydrogen) atoms. The number of methoxy groups -OCH3 is 1. The normalized spacial score (nSPS) is 22.5. The average Bonchev–Trinajstić information content (AvgIpc) is 2.46. The summed E-state index contributed by atoms with van der Waals surface area (Å²) in [5.41, 5.74) is 0.603. The van der Waals surface area contributed by atoms with Gasteiger partial charge in [0.1, 0.15) is 11.6 Å². The summed E-state index contributed by atoms with van der Waals surface area (Å²) in [6, 6.07) is 5.09. The van der Waals surface area contributed by atoms with E-state index in [0.29, 0.717) is 30.7 Å². The Kier molecular flexibility index (Phi) is 4.95. The predicted octanol–water partition coefficient (Wildman–Crippen LogP) is 2.57. The van der Waals surface area contributed by atoms with E-state index < -0.39 is 5.97 Å². The van der Waals surface area contributed by atoms with Gasteiger partial charge in [0, 0.05) is 24.2 Å². The minimum absolute atomic E-state index is 0.217. The number of hydrogen-bond donors (Lipinski definition) is 2. The monoisotopic (exact) mass is 281 g/mol. The summed E-state index contributed by atoms with van der Waals surface area (Å²) in [6.45, 7) is 0.457. The van der Waals surface area contributed by atoms with Gasteiger partial charge in [-0.05, 0) is 31.7 Å². The van der Waals surface area contributed by atoms with Crippen molar-refractivity contribution in [3.8, 4) is 5.75 Å². The molecule has 0 aliphatic heterocycles. The number of nitrogens with one attached hydrogen (secondary N) is 1. The largest absolute Gasteiger partial charge is 0.497 e. The van der Waals surface area contributed by atoms with Gasteiger partial charge in [-0.15, -0.1) is 0 Å². The summed E-state index contributed by atoms with van der Waals surface area (Å²) < 4.78 is 18.7. The molecule has 2 N–H and O–H groups in total. The standard InChI is InChI=1S/C15H20FNO3/c1-20-13-7-4-11(14(16)8-13)9-17-12-5-2-10(3-6-12)15(18)19/h4,7-8,10,12,17H,2-3,5-6,9H2,1H3,(H,18,19). The molecule has 0 radical (unpaired) electrons. The molecule has 110 valence electrons. The van der Waals surface area contributed by atoms with E-state index in [1.54, 1.807) is 12.1 Å². The molecule has 1 saturated carbocycles. The second-order valence-electron chi connectivity index (χ2n) is 5.23. The molecule has 0 aromatic heterocycles. The van der Waals surface area contributed by atoms with Gasteiger partial charge in [-0.2, -0.15) is 0 Å². The Morgan fingerprint density at radius 1 is 1.40 bits per heavy atom. The van der Waals surface area contributed by atoms with Crippen LogP contribution in [-0.4, -0.2) is 24.2 Å². The summed E-state index contributed by atoms with van der Waals surface area (Å²) in [7, 11) is 1.51. The SMILES string of the molecule is COc1ccc(CNC2CCC(C(=O)O)CC2)c(F)c1. The van der Waals surface area contributed by atoms with E-state index in [0.717, 1.165) is 12.8 Å². The highest BCUT2D eigenvalue weighted by molar-refractivity contribution is 5.70. The molecule has 1 aromatic rings. The lowest BCUT2D eigenvalue weighted by Crippen LogP contribution is -2.34. The predicted molar refractivity (Wildman–Crippen MR) is 73.2 cm³/mol. The minimum Gasteiger partial charge on any atom is -0.497 e. The van der Waals surface area contributed by atoms with Gasteiger partial charge < -0.3 is 15.2 Å². The Bertz CT molecular complexity index is 470. The van der Waals surface area contributed by atoms with Gasteiger partial charge in [-0.1, -0.05) is 6.07 Å². The van der Waals surface area contributed by atoms with E-state index in [-0.39, 0.29) is 17.8 Å². The molecule has 0 heterocycles. The molecule has 1 aliphatic rings. The molecule has 0 atom stereocenters. The first-order valence-corrected chi connectivity index (χ1v) is 6.88. The maximum absolute atomic E-state index is 13.8. The third kappa shape index (κ3) is 3.70. The van der Waals surface area contributed by atoms with Crippen LogP contribution in [0.25, 0.3) is 0 Å². The van der Waals surface area contributed by atoms with Crippen molar-refractivity contribution >= 4 is 5.97 Å². The van der Waals surface area contributed by atoms with Crippen LogP contribution in [0.5, 0.6) is 5.75 Å². The van der Waals surface area contributed by atoms with Crippen molar-refractivity contribution in [2.24, 2.45) is 5.92 Å². The Morgan fingerprint density at radius 2 is 2.10 bits per heavy atom. The maximum Gasteiger partial charge on any atom is 0.306 e. The Labute approximate surface area is 117 Å². The minimum atomic E-state index is -0.704. The van der Waals surface area contributed by atoms with Gasteiger partial charge in [-0.25, -0.2) is 4.39 Å². The van der Waals surface area contributed by atoms with E-state index >= 15 is 0 Å². The molecule has 0 amide bonds. The van der Waals surface area contributed by atoms with Crippen LogP contribution in [0.4, 0.5) is 4.39 Å². The molecule has 5 heteroatoms. The van der Waals surface area contributed by atoms with Crippen molar-refractivity contribution in [2.45, 2.75) is 38.3 Å². The first-order chi connectivity index (χ1) is 9.60. The zero-order chi connectivity index (χ0) is 14.5. The molecule has 4 nitrogen and oxygen atoms in total. The lowest BCUT2D eigenvalue weighted by molar-refractivity contribution is -0.142. The van der Waals surface area contributed by atoms with Crippen LogP contribution in [0.3, 0.4) is 0 Å². The van der Waals surface area contributed by atoms with Crippen molar-refractivity contribution in [1.82, 2.24) is 5.32 Å². The van der Waals surface area contributed by atoms with Crippen LogP contribution in [0.1, 0.15) is 31.2 Å². The summed E-state index contributed by atoms with van der Waals surface area (Å²) in [6.07, 6.45) is 3.04. The third-order valence-corrected chi connectivity index (χ3v) is 3.92. The average molecular weight is 281 g/mol. The molecule has 1 aromatic carbocycles. The fraction of sp³-hybridized carbons (Fsp3) is 0.533. The first-order valence-electron chi connectivity index (χ1n) is 6.88. The second kappa shape index (κ2) is 6.70. The van der Waals surface area contributed by atoms with Gasteiger partial charge in [-0.3, -0.25) is 4.79 Å². The smallest absolute Gasteiger partial charge is 0.306 e. The lowest BCUT2D eigenvalue weighted by Gasteiger charge is -2.27. The Hall–Kier alpha value is -1.62. The molecular weight excluding hydrogens is 261 g/mol. The van der Waals surface area contributed by atoms with E-state index in [1.165, 1.54) is 13.2 Å². The molecule has 0 bridgehead atoms. The number of carbonyl (C=O) groups is 1. The number of aliphatic carboxylic acids is 1. The highest BCUT2D eigenvalue weighted by Gasteiger charge is 2.25. The van der Waals surface area contributed by atoms with E-state index in [4.69, 9.17) is 9.84 Å². The number of rotatable bonds is 5. The summed E-state index contributed by atoms with van der Waals surface area (Å²) in [4.78, 5) is 10.9. The zero-order valence-corrected chi connectivity index (χ0v) is 11.6. The first kappa shape index (κ1) is 14.8. The molecular formula is C15H20FNO3. The molecule has 0 saturated heterocycles. The van der Waals surface area contributed by atoms with Crippen molar-refractivity contribution in [3.05, 3.63) is 29.6 Å². The second-order valence-corrected chi connectivity index (χ2v) is 5.23. The highest BCUT2D eigenvalue weighted by atomic mass is 19.1. The van der Waals surface area contributed by atoms with Crippen LogP contribution in [0.2, 0.25) is 0 Å². The Balaban J connectivity index is 1.83. The zero-order valence-electron chi connectivity index (χ0n) is 11.6. The fourth-order valence-corrected chi connectivity index (χ4v) is 2.60. The van der Waals surface area contributed by atoms with Crippen molar-refractivity contribution < 1.29 is 19.0 Å². The van der Waals surface area contributed by atoms with Gasteiger partial charge in [0.2, 0.25) is 0 Å². The summed E-state index contributed by atoms with van der Waals surface area (Å²) in [5.74, 6) is -0.695. The van der Waals surface area contributed by atoms with Gasteiger partial charge in [0.15, 0.2) is 0 Å². The van der Waals surface area contributed by atoms with Crippen molar-refractivity contribution in [3.63, 3.8) is 0 Å². The van der Waals surface area contributed by atoms with Crippen LogP contribution in [0, 0.1) is 11.7 Å². The summed E-state index contributed by atoms with van der Waals surface area (Å²) >= 11 is 0. The maximum atomic E-state index is 13.8. The quantitative estimate of drug-likeness (QED) is 0.871. The number of carboxylic acid groups (broad SMARTS) is 1. The van der Waals surface area contributed by atoms with Crippen LogP contribution in [0.15, 0.2) is 18.2 Å². The van der Waals surface area contributed by atoms with Gasteiger partial charge >= 0.3 is 5.97 Å². The van der Waals surface area contributed by atoms with Crippen molar-refractivity contribution in [2.75, 3.05) is 7.11 Å².